The summed E-state index contributed by atoms with van der Waals surface area (Å²) >= 11 is 3.37. The van der Waals surface area contributed by atoms with Gasteiger partial charge in [-0.2, -0.15) is 0 Å². The maximum Gasteiger partial charge on any atom is 0.209 e. The molecule has 108 valence electrons. The first-order chi connectivity index (χ1) is 8.85. The Morgan fingerprint density at radius 2 is 2.11 bits per heavy atom. The summed E-state index contributed by atoms with van der Waals surface area (Å²) in [4.78, 5) is 0. The first-order valence-corrected chi connectivity index (χ1v) is 8.33. The number of hydrogen-bond donors (Lipinski definition) is 1. The average Bonchev–Trinajstić information content (AvgIpc) is 2.34. The summed E-state index contributed by atoms with van der Waals surface area (Å²) in [6.07, 6.45) is 0.685. The van der Waals surface area contributed by atoms with Gasteiger partial charge in [0.15, 0.2) is 0 Å². The molecule has 1 unspecified atom stereocenters. The summed E-state index contributed by atoms with van der Waals surface area (Å²) in [7, 11) is -1.89. The lowest BCUT2D eigenvalue weighted by Crippen LogP contribution is -2.26. The molecule has 0 aliphatic rings. The van der Waals surface area contributed by atoms with E-state index in [0.717, 1.165) is 10.2 Å². The van der Waals surface area contributed by atoms with Gasteiger partial charge in [0, 0.05) is 5.92 Å². The molecule has 0 amide bonds. The van der Waals surface area contributed by atoms with Crippen LogP contribution in [0.3, 0.4) is 0 Å². The van der Waals surface area contributed by atoms with Crippen molar-refractivity contribution in [3.63, 3.8) is 0 Å². The van der Waals surface area contributed by atoms with E-state index in [0.29, 0.717) is 18.8 Å². The molecule has 0 bridgehead atoms. The predicted molar refractivity (Wildman–Crippen MR) is 77.9 cm³/mol. The van der Waals surface area contributed by atoms with E-state index in [-0.39, 0.29) is 11.7 Å². The molecule has 1 aromatic carbocycles. The highest BCUT2D eigenvalue weighted by Crippen LogP contribution is 2.29. The lowest BCUT2D eigenvalue weighted by atomic mass is 10.1. The standard InChI is InChI=1S/C12H18BrNO4S/c1-3-9(8-19(14,15)16)7-18-12-5-4-10(17-2)6-11(12)13/h4-6,9H,3,7-8H2,1-2H3,(H2,14,15,16). The molecule has 0 saturated carbocycles. The van der Waals surface area contributed by atoms with Gasteiger partial charge in [-0.15, -0.1) is 0 Å². The van der Waals surface area contributed by atoms with Gasteiger partial charge in [0.2, 0.25) is 10.0 Å². The van der Waals surface area contributed by atoms with Crippen molar-refractivity contribution in [2.75, 3.05) is 19.5 Å². The molecule has 2 N–H and O–H groups in total. The molecule has 0 heterocycles. The Hall–Kier alpha value is -0.790. The summed E-state index contributed by atoms with van der Waals surface area (Å²) in [5.41, 5.74) is 0. The molecule has 0 spiro atoms. The van der Waals surface area contributed by atoms with Gasteiger partial charge < -0.3 is 9.47 Å². The maximum atomic E-state index is 11.1. The molecule has 1 aromatic rings. The number of halogens is 1. The van der Waals surface area contributed by atoms with Gasteiger partial charge in [0.05, 0.1) is 23.9 Å². The van der Waals surface area contributed by atoms with Crippen molar-refractivity contribution in [2.24, 2.45) is 11.1 Å². The van der Waals surface area contributed by atoms with Crippen LogP contribution in [0.1, 0.15) is 13.3 Å². The molecular weight excluding hydrogens is 334 g/mol. The first-order valence-electron chi connectivity index (χ1n) is 5.82. The second kappa shape index (κ2) is 7.12. The number of ether oxygens (including phenoxy) is 2. The summed E-state index contributed by atoms with van der Waals surface area (Å²) in [5.74, 6) is 1.17. The van der Waals surface area contributed by atoms with Gasteiger partial charge in [-0.25, -0.2) is 13.6 Å². The fraction of sp³-hybridized carbons (Fsp3) is 0.500. The molecule has 0 saturated heterocycles. The molecule has 1 atom stereocenters. The van der Waals surface area contributed by atoms with Crippen molar-refractivity contribution in [3.8, 4) is 11.5 Å². The molecule has 7 heteroatoms. The Balaban J connectivity index is 2.65. The highest BCUT2D eigenvalue weighted by Gasteiger charge is 2.15. The Morgan fingerprint density at radius 1 is 1.42 bits per heavy atom. The smallest absolute Gasteiger partial charge is 0.209 e. The minimum absolute atomic E-state index is 0.0721. The lowest BCUT2D eigenvalue weighted by molar-refractivity contribution is 0.256. The van der Waals surface area contributed by atoms with Crippen LogP contribution in [0.2, 0.25) is 0 Å². The van der Waals surface area contributed by atoms with Crippen LogP contribution < -0.4 is 14.6 Å². The zero-order valence-electron chi connectivity index (χ0n) is 10.9. The molecule has 0 aliphatic heterocycles. The third-order valence-electron chi connectivity index (χ3n) is 2.66. The van der Waals surface area contributed by atoms with Crippen LogP contribution in [-0.2, 0) is 10.0 Å². The number of rotatable bonds is 7. The summed E-state index contributed by atoms with van der Waals surface area (Å²) in [6.45, 7) is 2.21. The Kier molecular flexibility index (Phi) is 6.09. The Bertz CT molecular complexity index is 518. The molecule has 5 nitrogen and oxygen atoms in total. The molecule has 19 heavy (non-hydrogen) atoms. The zero-order valence-corrected chi connectivity index (χ0v) is 13.3. The fourth-order valence-electron chi connectivity index (χ4n) is 1.55. The predicted octanol–water partition coefficient (Wildman–Crippen LogP) is 2.15. The summed E-state index contributed by atoms with van der Waals surface area (Å²) in [5, 5.41) is 5.04. The SMILES string of the molecule is CCC(COc1ccc(OC)cc1Br)CS(N)(=O)=O. The van der Waals surface area contributed by atoms with E-state index >= 15 is 0 Å². The summed E-state index contributed by atoms with van der Waals surface area (Å²) < 4.78 is 33.6. The van der Waals surface area contributed by atoms with Crippen molar-refractivity contribution in [1.82, 2.24) is 0 Å². The minimum atomic E-state index is -3.47. The van der Waals surface area contributed by atoms with Crippen LogP contribution in [0, 0.1) is 5.92 Å². The van der Waals surface area contributed by atoms with Crippen molar-refractivity contribution < 1.29 is 17.9 Å². The molecule has 0 aliphatic carbocycles. The number of benzene rings is 1. The zero-order chi connectivity index (χ0) is 14.5. The van der Waals surface area contributed by atoms with E-state index < -0.39 is 10.0 Å². The van der Waals surface area contributed by atoms with E-state index in [2.05, 4.69) is 15.9 Å². The number of sulfonamides is 1. The molecule has 0 fully saturated rings. The fourth-order valence-corrected chi connectivity index (χ4v) is 3.01. The number of hydrogen-bond acceptors (Lipinski definition) is 4. The molecule has 0 aromatic heterocycles. The topological polar surface area (TPSA) is 78.6 Å². The monoisotopic (exact) mass is 351 g/mol. The highest BCUT2D eigenvalue weighted by atomic mass is 79.9. The van der Waals surface area contributed by atoms with Crippen LogP contribution in [0.25, 0.3) is 0 Å². The minimum Gasteiger partial charge on any atom is -0.497 e. The number of nitrogens with two attached hydrogens (primary N) is 1. The van der Waals surface area contributed by atoms with Crippen LogP contribution in [0.4, 0.5) is 0 Å². The van der Waals surface area contributed by atoms with Crippen molar-refractivity contribution in [3.05, 3.63) is 22.7 Å². The van der Waals surface area contributed by atoms with E-state index in [1.165, 1.54) is 0 Å². The van der Waals surface area contributed by atoms with Crippen LogP contribution in [0.15, 0.2) is 22.7 Å². The van der Waals surface area contributed by atoms with Gasteiger partial charge in [-0.3, -0.25) is 0 Å². The van der Waals surface area contributed by atoms with Gasteiger partial charge >= 0.3 is 0 Å². The van der Waals surface area contributed by atoms with E-state index in [1.54, 1.807) is 25.3 Å². The second-order valence-corrected chi connectivity index (χ2v) is 6.72. The summed E-state index contributed by atoms with van der Waals surface area (Å²) in [6, 6.07) is 5.34. The van der Waals surface area contributed by atoms with Gasteiger partial charge in [-0.05, 0) is 40.5 Å². The third-order valence-corrected chi connectivity index (χ3v) is 4.21. The second-order valence-electron chi connectivity index (χ2n) is 4.21. The molecule has 1 rings (SSSR count). The first kappa shape index (κ1) is 16.3. The van der Waals surface area contributed by atoms with Crippen LogP contribution >= 0.6 is 15.9 Å². The largest absolute Gasteiger partial charge is 0.497 e. The van der Waals surface area contributed by atoms with Crippen molar-refractivity contribution in [1.29, 1.82) is 0 Å². The lowest BCUT2D eigenvalue weighted by Gasteiger charge is -2.15. The van der Waals surface area contributed by atoms with Crippen LogP contribution in [-0.4, -0.2) is 27.9 Å². The Morgan fingerprint density at radius 3 is 2.58 bits per heavy atom. The highest BCUT2D eigenvalue weighted by molar-refractivity contribution is 9.10. The van der Waals surface area contributed by atoms with Crippen LogP contribution in [0.5, 0.6) is 11.5 Å². The normalized spacial score (nSPS) is 13.1. The maximum absolute atomic E-state index is 11.1. The average molecular weight is 352 g/mol. The Labute approximate surface area is 122 Å². The van der Waals surface area contributed by atoms with Gasteiger partial charge in [0.1, 0.15) is 11.5 Å². The van der Waals surface area contributed by atoms with E-state index in [4.69, 9.17) is 14.6 Å². The van der Waals surface area contributed by atoms with E-state index in [9.17, 15) is 8.42 Å². The van der Waals surface area contributed by atoms with Gasteiger partial charge in [0.25, 0.3) is 0 Å². The van der Waals surface area contributed by atoms with Crippen molar-refractivity contribution in [2.45, 2.75) is 13.3 Å². The van der Waals surface area contributed by atoms with Gasteiger partial charge in [-0.1, -0.05) is 6.92 Å². The third kappa shape index (κ3) is 5.80. The molecular formula is C12H18BrNO4S. The molecule has 0 radical (unpaired) electrons. The van der Waals surface area contributed by atoms with E-state index in [1.807, 2.05) is 6.92 Å². The number of primary sulfonamides is 1. The van der Waals surface area contributed by atoms with Crippen molar-refractivity contribution >= 4 is 26.0 Å². The number of methoxy groups -OCH3 is 1. The quantitative estimate of drug-likeness (QED) is 0.816.